The quantitative estimate of drug-likeness (QED) is 0.803. The van der Waals surface area contributed by atoms with Crippen LogP contribution in [0.3, 0.4) is 0 Å². The summed E-state index contributed by atoms with van der Waals surface area (Å²) in [6.45, 7) is 5.17. The molecule has 2 aromatic carbocycles. The molecule has 1 atom stereocenters. The van der Waals surface area contributed by atoms with E-state index in [2.05, 4.69) is 28.2 Å². The predicted octanol–water partition coefficient (Wildman–Crippen LogP) is 4.84. The van der Waals surface area contributed by atoms with Gasteiger partial charge in [0.2, 0.25) is 0 Å². The third kappa shape index (κ3) is 4.55. The topological polar surface area (TPSA) is 21.3 Å². The number of hydrogen-bond acceptors (Lipinski definition) is 2. The van der Waals surface area contributed by atoms with Gasteiger partial charge in [-0.3, -0.25) is 0 Å². The highest BCUT2D eigenvalue weighted by atomic mass is 79.9. The van der Waals surface area contributed by atoms with E-state index in [0.717, 1.165) is 15.8 Å². The molecule has 2 nitrogen and oxygen atoms in total. The SMILES string of the molecule is CCOc1ccc(C(C)NCc2cc(Br)ccc2F)cc1. The minimum atomic E-state index is -0.190. The first kappa shape index (κ1) is 16.0. The molecule has 1 unspecified atom stereocenters. The average molecular weight is 352 g/mol. The summed E-state index contributed by atoms with van der Waals surface area (Å²) in [6.07, 6.45) is 0. The van der Waals surface area contributed by atoms with Crippen LogP contribution >= 0.6 is 15.9 Å². The lowest BCUT2D eigenvalue weighted by Gasteiger charge is -2.15. The van der Waals surface area contributed by atoms with Gasteiger partial charge in [-0.15, -0.1) is 0 Å². The maximum atomic E-state index is 13.7. The average Bonchev–Trinajstić information content (AvgIpc) is 2.49. The van der Waals surface area contributed by atoms with Gasteiger partial charge in [-0.05, 0) is 49.7 Å². The molecule has 2 aromatic rings. The van der Waals surface area contributed by atoms with Crippen LogP contribution in [0.2, 0.25) is 0 Å². The van der Waals surface area contributed by atoms with Crippen molar-refractivity contribution in [3.8, 4) is 5.75 Å². The maximum Gasteiger partial charge on any atom is 0.127 e. The lowest BCUT2D eigenvalue weighted by Crippen LogP contribution is -2.18. The van der Waals surface area contributed by atoms with E-state index in [1.165, 1.54) is 6.07 Å². The molecular weight excluding hydrogens is 333 g/mol. The second-order valence-corrected chi connectivity index (χ2v) is 5.76. The van der Waals surface area contributed by atoms with E-state index < -0.39 is 0 Å². The van der Waals surface area contributed by atoms with E-state index in [1.54, 1.807) is 12.1 Å². The van der Waals surface area contributed by atoms with Gasteiger partial charge in [-0.1, -0.05) is 28.1 Å². The highest BCUT2D eigenvalue weighted by molar-refractivity contribution is 9.10. The van der Waals surface area contributed by atoms with Gasteiger partial charge in [0.15, 0.2) is 0 Å². The van der Waals surface area contributed by atoms with Crippen molar-refractivity contribution in [2.24, 2.45) is 0 Å². The van der Waals surface area contributed by atoms with Crippen molar-refractivity contribution in [2.45, 2.75) is 26.4 Å². The molecular formula is C17H19BrFNO. The molecule has 0 amide bonds. The van der Waals surface area contributed by atoms with Gasteiger partial charge in [0, 0.05) is 22.6 Å². The Kier molecular flexibility index (Phi) is 5.76. The molecule has 0 fully saturated rings. The summed E-state index contributed by atoms with van der Waals surface area (Å²) in [5.74, 6) is 0.677. The molecule has 0 aliphatic carbocycles. The Bertz CT molecular complexity index is 586. The zero-order valence-corrected chi connectivity index (χ0v) is 13.8. The second-order valence-electron chi connectivity index (χ2n) is 4.84. The predicted molar refractivity (Wildman–Crippen MR) is 87.0 cm³/mol. The number of nitrogens with one attached hydrogen (secondary N) is 1. The van der Waals surface area contributed by atoms with Crippen molar-refractivity contribution in [1.82, 2.24) is 5.32 Å². The highest BCUT2D eigenvalue weighted by Crippen LogP contribution is 2.19. The van der Waals surface area contributed by atoms with Crippen LogP contribution < -0.4 is 10.1 Å². The summed E-state index contributed by atoms with van der Waals surface area (Å²) in [7, 11) is 0. The zero-order valence-electron chi connectivity index (χ0n) is 12.2. The summed E-state index contributed by atoms with van der Waals surface area (Å²) in [6, 6.07) is 13.1. The Labute approximate surface area is 133 Å². The van der Waals surface area contributed by atoms with E-state index in [4.69, 9.17) is 4.74 Å². The molecule has 0 aliphatic rings. The second kappa shape index (κ2) is 7.57. The van der Waals surface area contributed by atoms with Crippen LogP contribution in [-0.2, 0) is 6.54 Å². The Balaban J connectivity index is 1.97. The Morgan fingerprint density at radius 1 is 1.19 bits per heavy atom. The van der Waals surface area contributed by atoms with Gasteiger partial charge in [-0.25, -0.2) is 4.39 Å². The number of hydrogen-bond donors (Lipinski definition) is 1. The van der Waals surface area contributed by atoms with Crippen molar-refractivity contribution in [3.05, 3.63) is 63.9 Å². The normalized spacial score (nSPS) is 12.2. The summed E-state index contributed by atoms with van der Waals surface area (Å²) in [4.78, 5) is 0. The first-order chi connectivity index (χ1) is 10.1. The van der Waals surface area contributed by atoms with E-state index >= 15 is 0 Å². The fourth-order valence-electron chi connectivity index (χ4n) is 2.08. The van der Waals surface area contributed by atoms with Crippen molar-refractivity contribution in [1.29, 1.82) is 0 Å². The molecule has 0 aliphatic heterocycles. The smallest absolute Gasteiger partial charge is 0.127 e. The Morgan fingerprint density at radius 2 is 1.90 bits per heavy atom. The Hall–Kier alpha value is -1.39. The van der Waals surface area contributed by atoms with E-state index in [9.17, 15) is 4.39 Å². The molecule has 0 heterocycles. The molecule has 4 heteroatoms. The Morgan fingerprint density at radius 3 is 2.57 bits per heavy atom. The first-order valence-electron chi connectivity index (χ1n) is 7.00. The van der Waals surface area contributed by atoms with Crippen LogP contribution in [0.4, 0.5) is 4.39 Å². The molecule has 2 rings (SSSR count). The van der Waals surface area contributed by atoms with E-state index in [1.807, 2.05) is 31.2 Å². The molecule has 0 spiro atoms. The third-order valence-corrected chi connectivity index (χ3v) is 3.79. The summed E-state index contributed by atoms with van der Waals surface area (Å²) < 4.78 is 20.0. The summed E-state index contributed by atoms with van der Waals surface area (Å²) in [5, 5.41) is 3.33. The van der Waals surface area contributed by atoms with Crippen LogP contribution in [-0.4, -0.2) is 6.61 Å². The van der Waals surface area contributed by atoms with Crippen LogP contribution in [0, 0.1) is 5.82 Å². The van der Waals surface area contributed by atoms with Gasteiger partial charge in [0.05, 0.1) is 6.61 Å². The van der Waals surface area contributed by atoms with Gasteiger partial charge in [-0.2, -0.15) is 0 Å². The third-order valence-electron chi connectivity index (χ3n) is 3.30. The fourth-order valence-corrected chi connectivity index (χ4v) is 2.49. The largest absolute Gasteiger partial charge is 0.494 e. The molecule has 0 saturated carbocycles. The number of halogens is 2. The molecule has 0 saturated heterocycles. The van der Waals surface area contributed by atoms with E-state index in [-0.39, 0.29) is 11.9 Å². The molecule has 21 heavy (non-hydrogen) atoms. The van der Waals surface area contributed by atoms with Crippen LogP contribution in [0.15, 0.2) is 46.9 Å². The molecule has 0 radical (unpaired) electrons. The summed E-state index contributed by atoms with van der Waals surface area (Å²) >= 11 is 3.36. The standard InChI is InChI=1S/C17H19BrFNO/c1-3-21-16-7-4-13(5-8-16)12(2)20-11-14-10-15(18)6-9-17(14)19/h4-10,12,20H,3,11H2,1-2H3. The minimum absolute atomic E-state index is 0.138. The number of rotatable bonds is 6. The monoisotopic (exact) mass is 351 g/mol. The molecule has 1 N–H and O–H groups in total. The van der Waals surface area contributed by atoms with Gasteiger partial charge in [0.1, 0.15) is 11.6 Å². The van der Waals surface area contributed by atoms with Crippen molar-refractivity contribution >= 4 is 15.9 Å². The van der Waals surface area contributed by atoms with Gasteiger partial charge >= 0.3 is 0 Å². The zero-order chi connectivity index (χ0) is 15.2. The fraction of sp³-hybridized carbons (Fsp3) is 0.294. The maximum absolute atomic E-state index is 13.7. The van der Waals surface area contributed by atoms with Crippen LogP contribution in [0.5, 0.6) is 5.75 Å². The number of ether oxygens (including phenoxy) is 1. The van der Waals surface area contributed by atoms with Crippen molar-refractivity contribution < 1.29 is 9.13 Å². The lowest BCUT2D eigenvalue weighted by molar-refractivity contribution is 0.340. The summed E-state index contributed by atoms with van der Waals surface area (Å²) in [5.41, 5.74) is 1.80. The lowest BCUT2D eigenvalue weighted by atomic mass is 10.1. The van der Waals surface area contributed by atoms with Crippen LogP contribution in [0.25, 0.3) is 0 Å². The number of benzene rings is 2. The van der Waals surface area contributed by atoms with Gasteiger partial charge < -0.3 is 10.1 Å². The highest BCUT2D eigenvalue weighted by Gasteiger charge is 2.08. The van der Waals surface area contributed by atoms with Gasteiger partial charge in [0.25, 0.3) is 0 Å². The molecule has 112 valence electrons. The van der Waals surface area contributed by atoms with E-state index in [0.29, 0.717) is 18.7 Å². The van der Waals surface area contributed by atoms with Crippen molar-refractivity contribution in [2.75, 3.05) is 6.61 Å². The molecule has 0 aromatic heterocycles. The minimum Gasteiger partial charge on any atom is -0.494 e. The van der Waals surface area contributed by atoms with Crippen LogP contribution in [0.1, 0.15) is 31.0 Å². The molecule has 0 bridgehead atoms. The van der Waals surface area contributed by atoms with Crippen molar-refractivity contribution in [3.63, 3.8) is 0 Å². The first-order valence-corrected chi connectivity index (χ1v) is 7.79.